The molecule has 27 heteroatoms. The molecular weight excluding hydrogens is 1020 g/mol. The van der Waals surface area contributed by atoms with Crippen LogP contribution >= 0.6 is 37.4 Å². The number of hydrogen-bond donors (Lipinski definition) is 12. The number of thiol groups is 2. The number of ether oxygens (including phenoxy) is 4. The van der Waals surface area contributed by atoms with Crippen LogP contribution in [0.1, 0.15) is 121 Å². The van der Waals surface area contributed by atoms with Gasteiger partial charge in [-0.2, -0.15) is 0 Å². The summed E-state index contributed by atoms with van der Waals surface area (Å²) >= 11 is 6.48. The number of unbranched alkanes of at least 4 members (excludes halogenated alkanes) is 13. The number of carbonyl (C=O) groups excluding carboxylic acids is 6. The Labute approximate surface area is 444 Å². The van der Waals surface area contributed by atoms with E-state index in [1.54, 1.807) is 12.1 Å². The Balaban J connectivity index is 0. The summed E-state index contributed by atoms with van der Waals surface area (Å²) in [5, 5.41) is 48.0. The summed E-state index contributed by atoms with van der Waals surface area (Å²) < 4.78 is 23.1. The molecule has 2 atom stereocenters. The minimum absolute atomic E-state index is 0.0382. The van der Waals surface area contributed by atoms with Gasteiger partial charge in [-0.3, -0.25) is 38.6 Å². The van der Waals surface area contributed by atoms with E-state index in [0.29, 0.717) is 12.0 Å². The number of carboxylic acids is 2. The van der Waals surface area contributed by atoms with E-state index in [1.165, 1.54) is 50.7 Å². The highest BCUT2D eigenvalue weighted by Crippen LogP contribution is 2.15. The summed E-state index contributed by atoms with van der Waals surface area (Å²) in [5.74, 6) is -3.42. The van der Waals surface area contributed by atoms with Crippen LogP contribution in [-0.4, -0.2) is 158 Å². The third-order valence-corrected chi connectivity index (χ3v) is 10.8. The summed E-state index contributed by atoms with van der Waals surface area (Å²) in [4.78, 5) is 102. The summed E-state index contributed by atoms with van der Waals surface area (Å²) in [5.41, 5.74) is 0.00668. The first kappa shape index (κ1) is 70.4. The maximum atomic E-state index is 12.3. The molecular formula is C46H77BN6O17S3. The number of thioether (sulfide) groups is 1. The Bertz CT molecular complexity index is 1710. The fraction of sp³-hybridized carbons (Fsp3) is 0.674. The van der Waals surface area contributed by atoms with Gasteiger partial charge in [0.15, 0.2) is 7.85 Å². The van der Waals surface area contributed by atoms with Crippen molar-refractivity contribution in [2.45, 2.75) is 134 Å². The second kappa shape index (κ2) is 49.6. The Morgan fingerprint density at radius 2 is 1.00 bits per heavy atom. The molecule has 0 bridgehead atoms. The maximum Gasteiger partial charge on any atom is 0.374 e. The molecule has 0 saturated carbocycles. The molecule has 1 aromatic rings. The third kappa shape index (κ3) is 48.1. The highest BCUT2D eigenvalue weighted by atomic mass is 32.2. The average molecular weight is 1090 g/mol. The van der Waals surface area contributed by atoms with E-state index in [2.05, 4.69) is 52.0 Å². The Morgan fingerprint density at radius 1 is 0.562 bits per heavy atom. The summed E-state index contributed by atoms with van der Waals surface area (Å²) in [6, 6.07) is 4.10. The zero-order valence-electron chi connectivity index (χ0n) is 41.5. The van der Waals surface area contributed by atoms with Crippen LogP contribution in [-0.2, 0) is 58.9 Å². The van der Waals surface area contributed by atoms with Crippen molar-refractivity contribution in [2.24, 2.45) is 5.14 Å². The lowest BCUT2D eigenvalue weighted by molar-refractivity contribution is -0.142. The van der Waals surface area contributed by atoms with E-state index < -0.39 is 46.2 Å². The van der Waals surface area contributed by atoms with Crippen LogP contribution in [0.15, 0.2) is 24.3 Å². The van der Waals surface area contributed by atoms with E-state index in [0.717, 1.165) is 44.9 Å². The molecule has 0 heterocycles. The third-order valence-electron chi connectivity index (χ3n) is 10.0. The number of nitrogens with one attached hydrogen (secondary N) is 5. The molecule has 73 heavy (non-hydrogen) atoms. The van der Waals surface area contributed by atoms with Crippen molar-refractivity contribution in [3.63, 3.8) is 0 Å². The number of nitrogens with two attached hydrogens (primary N) is 1. The number of amides is 5. The molecule has 0 spiro atoms. The van der Waals surface area contributed by atoms with Crippen molar-refractivity contribution >= 4 is 97.0 Å². The number of benzene rings is 1. The normalized spacial score (nSPS) is 11.3. The van der Waals surface area contributed by atoms with Crippen molar-refractivity contribution in [2.75, 3.05) is 65.9 Å². The summed E-state index contributed by atoms with van der Waals surface area (Å²) in [6.45, 7) is 0.889. The second-order valence-corrected chi connectivity index (χ2v) is 17.2. The first-order valence-corrected chi connectivity index (χ1v) is 25.9. The van der Waals surface area contributed by atoms with Crippen LogP contribution in [0.5, 0.6) is 5.75 Å². The number of carboxylic acid groups (broad SMARTS) is 3. The molecule has 11 N–H and O–H groups in total. The zero-order chi connectivity index (χ0) is 54.9. The molecule has 1 unspecified atom stereocenters. The molecule has 0 saturated heterocycles. The number of carbonyl (C=O) groups is 9. The van der Waals surface area contributed by atoms with E-state index in [4.69, 9.17) is 37.0 Å². The summed E-state index contributed by atoms with van der Waals surface area (Å²) in [6.07, 6.45) is 15.5. The molecule has 5 amide bonds. The fourth-order valence-electron chi connectivity index (χ4n) is 6.35. The van der Waals surface area contributed by atoms with Gasteiger partial charge in [0.2, 0.25) is 23.6 Å². The van der Waals surface area contributed by atoms with Crippen LogP contribution in [0.3, 0.4) is 0 Å². The highest BCUT2D eigenvalue weighted by Gasteiger charge is 2.21. The number of hydrogen-bond acceptors (Lipinski definition) is 18. The summed E-state index contributed by atoms with van der Waals surface area (Å²) in [7, 11) is 5.39. The van der Waals surface area contributed by atoms with Gasteiger partial charge in [0.25, 0.3) is 5.24 Å². The van der Waals surface area contributed by atoms with Gasteiger partial charge in [-0.05, 0) is 43.4 Å². The van der Waals surface area contributed by atoms with E-state index in [9.17, 15) is 53.4 Å². The van der Waals surface area contributed by atoms with Crippen molar-refractivity contribution in [3.05, 3.63) is 29.8 Å². The molecule has 414 valence electrons. The van der Waals surface area contributed by atoms with Gasteiger partial charge in [0, 0.05) is 32.4 Å². The SMILES string of the molecule is NS.O=C(O)SC(=O)NS.[B]C(=O)C(Cc1ccc(O)cc1)NC(=O)COCCOCCNC(=O)COCCOCCNC(=O)CC[C@H](NC(=O)CCCCCCCCCCCCCCCCC(=O)O)C(=O)O. The Morgan fingerprint density at radius 3 is 1.44 bits per heavy atom. The van der Waals surface area contributed by atoms with Crippen molar-refractivity contribution in [3.8, 4) is 5.75 Å². The molecule has 0 aliphatic heterocycles. The predicted molar refractivity (Wildman–Crippen MR) is 280 cm³/mol. The fourth-order valence-corrected chi connectivity index (χ4v) is 6.69. The molecule has 0 aliphatic rings. The van der Waals surface area contributed by atoms with Gasteiger partial charge < -0.3 is 65.4 Å². The van der Waals surface area contributed by atoms with Gasteiger partial charge in [-0.15, -0.1) is 12.8 Å². The second-order valence-electron chi connectivity index (χ2n) is 16.0. The van der Waals surface area contributed by atoms with Gasteiger partial charge in [-0.25, -0.2) is 9.59 Å². The van der Waals surface area contributed by atoms with Crippen LogP contribution in [0, 0.1) is 0 Å². The van der Waals surface area contributed by atoms with Gasteiger partial charge in [-0.1, -0.05) is 102 Å². The maximum absolute atomic E-state index is 12.3. The van der Waals surface area contributed by atoms with Gasteiger partial charge in [0.05, 0.1) is 63.1 Å². The van der Waals surface area contributed by atoms with Crippen molar-refractivity contribution in [1.29, 1.82) is 0 Å². The number of phenols is 1. The zero-order valence-corrected chi connectivity index (χ0v) is 44.1. The standard InChI is InChI=1S/C44H71BN4O14.C2H3NO3S2.H3NS/c45-43(57)37(31-34-17-19-35(50)20-18-34)49-41(54)33-63-30-28-61-26-24-47-40(53)32-62-29-27-60-25-23-46-38(51)22-21-36(44(58)59)48-39(52)15-13-11-9-7-5-3-1-2-4-6-8-10-12-14-16-42(55)56;4-1(3-7)8-2(5)6;1-2/h17-20,36-37,50H,1-16,21-33H2,(H,46,51)(H,47,53)(H,48,52)(H,49,54)(H,55,56)(H,58,59);7H,(H,3,4)(H,5,6);2H,1H2/t36-,37?;;/m0../s1. The van der Waals surface area contributed by atoms with Gasteiger partial charge >= 0.3 is 17.2 Å². The molecule has 2 radical (unpaired) electrons. The minimum atomic E-state index is -1.24. The molecule has 0 aliphatic carbocycles. The van der Waals surface area contributed by atoms with Gasteiger partial charge in [0.1, 0.15) is 25.0 Å². The molecule has 23 nitrogen and oxygen atoms in total. The predicted octanol–water partition coefficient (Wildman–Crippen LogP) is 3.83. The molecule has 0 aromatic heterocycles. The number of rotatable bonds is 42. The molecule has 1 aromatic carbocycles. The lowest BCUT2D eigenvalue weighted by atomic mass is 9.90. The highest BCUT2D eigenvalue weighted by molar-refractivity contribution is 8.26. The smallest absolute Gasteiger partial charge is 0.374 e. The van der Waals surface area contributed by atoms with Crippen LogP contribution in [0.25, 0.3) is 0 Å². The van der Waals surface area contributed by atoms with Crippen LogP contribution in [0.4, 0.5) is 9.59 Å². The van der Waals surface area contributed by atoms with E-state index in [1.807, 2.05) is 4.72 Å². The first-order chi connectivity index (χ1) is 35.0. The van der Waals surface area contributed by atoms with Crippen LogP contribution in [0.2, 0.25) is 0 Å². The van der Waals surface area contributed by atoms with E-state index >= 15 is 0 Å². The quantitative estimate of drug-likeness (QED) is 0.0251. The monoisotopic (exact) mass is 1090 g/mol. The average Bonchev–Trinajstić information content (AvgIpc) is 3.35. The number of phenolic OH excluding ortho intramolecular Hbond substituents is 1. The Kier molecular flexibility index (Phi) is 47.8. The Hall–Kier alpha value is -4.64. The molecule has 0 fully saturated rings. The first-order valence-electron chi connectivity index (χ1n) is 24.1. The van der Waals surface area contributed by atoms with E-state index in [-0.39, 0.29) is 133 Å². The topological polar surface area (TPSA) is 358 Å². The van der Waals surface area contributed by atoms with Crippen LogP contribution < -0.4 is 31.1 Å². The molecule has 1 rings (SSSR count). The van der Waals surface area contributed by atoms with Crippen molar-refractivity contribution < 1.29 is 82.5 Å². The largest absolute Gasteiger partial charge is 0.508 e. The lowest BCUT2D eigenvalue weighted by Crippen LogP contribution is -2.44. The number of aromatic hydroxyl groups is 1. The number of aliphatic carboxylic acids is 2. The lowest BCUT2D eigenvalue weighted by Gasteiger charge is -2.16. The van der Waals surface area contributed by atoms with Crippen molar-refractivity contribution in [1.82, 2.24) is 26.0 Å². The minimum Gasteiger partial charge on any atom is -0.508 e.